The van der Waals surface area contributed by atoms with Crippen molar-refractivity contribution in [1.82, 2.24) is 19.8 Å². The molecule has 0 radical (unpaired) electrons. The number of amides is 2. The molecule has 0 aliphatic carbocycles. The summed E-state index contributed by atoms with van der Waals surface area (Å²) in [6, 6.07) is 20.5. The van der Waals surface area contributed by atoms with Gasteiger partial charge in [0, 0.05) is 12.6 Å². The van der Waals surface area contributed by atoms with Crippen LogP contribution in [0.4, 0.5) is 0 Å². The van der Waals surface area contributed by atoms with E-state index in [4.69, 9.17) is 9.40 Å². The molecule has 1 atom stereocenters. The Labute approximate surface area is 193 Å². The topological polar surface area (TPSA) is 80.4 Å². The van der Waals surface area contributed by atoms with Crippen molar-refractivity contribution in [2.45, 2.75) is 45.9 Å². The Morgan fingerprint density at radius 1 is 1.00 bits per heavy atom. The van der Waals surface area contributed by atoms with Gasteiger partial charge >= 0.3 is 0 Å². The van der Waals surface area contributed by atoms with E-state index in [2.05, 4.69) is 5.32 Å². The van der Waals surface area contributed by atoms with E-state index in [9.17, 15) is 9.59 Å². The first-order valence-electron chi connectivity index (χ1n) is 11.1. The Balaban J connectivity index is 1.62. The first-order chi connectivity index (χ1) is 15.9. The molecule has 1 unspecified atom stereocenters. The minimum absolute atomic E-state index is 0.0113. The zero-order valence-electron chi connectivity index (χ0n) is 19.1. The van der Waals surface area contributed by atoms with Crippen LogP contribution in [-0.4, -0.2) is 32.3 Å². The fourth-order valence-electron chi connectivity index (χ4n) is 3.90. The molecule has 4 aromatic rings. The van der Waals surface area contributed by atoms with Gasteiger partial charge in [0.2, 0.25) is 5.91 Å². The highest BCUT2D eigenvalue weighted by Gasteiger charge is 2.24. The van der Waals surface area contributed by atoms with Crippen molar-refractivity contribution in [2.75, 3.05) is 0 Å². The molecule has 33 heavy (non-hydrogen) atoms. The predicted octanol–water partition coefficient (Wildman–Crippen LogP) is 4.56. The zero-order chi connectivity index (χ0) is 23.4. The van der Waals surface area contributed by atoms with Gasteiger partial charge in [0.05, 0.1) is 23.3 Å². The van der Waals surface area contributed by atoms with Crippen LogP contribution in [0.3, 0.4) is 0 Å². The van der Waals surface area contributed by atoms with Gasteiger partial charge in [-0.15, -0.1) is 0 Å². The number of fused-ring (bicyclic) bond motifs is 1. The summed E-state index contributed by atoms with van der Waals surface area (Å²) in [5.74, 6) is 0.510. The van der Waals surface area contributed by atoms with Crippen molar-refractivity contribution in [3.8, 4) is 0 Å². The van der Waals surface area contributed by atoms with E-state index in [1.165, 1.54) is 6.26 Å². The summed E-state index contributed by atoms with van der Waals surface area (Å²) < 4.78 is 7.09. The Morgan fingerprint density at radius 3 is 2.42 bits per heavy atom. The standard InChI is InChI=1S/C26H28N4O3/c1-18(2)29(16-20-10-5-4-6-11-20)24(31)17-30-22-13-8-7-12-21(22)28-25(30)19(3)27-26(32)23-14-9-15-33-23/h4-15,18-19H,16-17H2,1-3H3,(H,27,32). The van der Waals surface area contributed by atoms with Gasteiger partial charge in [0.15, 0.2) is 5.76 Å². The maximum absolute atomic E-state index is 13.5. The highest BCUT2D eigenvalue weighted by atomic mass is 16.3. The number of hydrogen-bond acceptors (Lipinski definition) is 4. The highest BCUT2D eigenvalue weighted by molar-refractivity contribution is 5.91. The lowest BCUT2D eigenvalue weighted by Gasteiger charge is -2.28. The number of imidazole rings is 1. The number of nitrogens with one attached hydrogen (secondary N) is 1. The molecule has 170 valence electrons. The van der Waals surface area contributed by atoms with Gasteiger partial charge < -0.3 is 19.2 Å². The lowest BCUT2D eigenvalue weighted by Crippen LogP contribution is -2.39. The number of carbonyl (C=O) groups excluding carboxylic acids is 2. The van der Waals surface area contributed by atoms with Crippen LogP contribution < -0.4 is 5.32 Å². The van der Waals surface area contributed by atoms with Gasteiger partial charge in [-0.3, -0.25) is 9.59 Å². The van der Waals surface area contributed by atoms with Crippen LogP contribution in [-0.2, 0) is 17.9 Å². The van der Waals surface area contributed by atoms with E-state index in [-0.39, 0.29) is 30.2 Å². The monoisotopic (exact) mass is 444 g/mol. The van der Waals surface area contributed by atoms with Crippen molar-refractivity contribution < 1.29 is 14.0 Å². The molecule has 2 amide bonds. The molecule has 0 fully saturated rings. The summed E-state index contributed by atoms with van der Waals surface area (Å²) in [5, 5.41) is 2.92. The normalized spacial score (nSPS) is 12.1. The number of benzene rings is 2. The fourth-order valence-corrected chi connectivity index (χ4v) is 3.90. The smallest absolute Gasteiger partial charge is 0.287 e. The highest BCUT2D eigenvalue weighted by Crippen LogP contribution is 2.22. The first-order valence-corrected chi connectivity index (χ1v) is 11.1. The van der Waals surface area contributed by atoms with E-state index in [0.717, 1.165) is 16.6 Å². The van der Waals surface area contributed by atoms with Crippen LogP contribution in [0.2, 0.25) is 0 Å². The van der Waals surface area contributed by atoms with Crippen molar-refractivity contribution in [3.63, 3.8) is 0 Å². The van der Waals surface area contributed by atoms with Gasteiger partial charge in [0.1, 0.15) is 12.4 Å². The predicted molar refractivity (Wildman–Crippen MR) is 126 cm³/mol. The quantitative estimate of drug-likeness (QED) is 0.432. The number of aromatic nitrogens is 2. The molecule has 0 spiro atoms. The summed E-state index contributed by atoms with van der Waals surface area (Å²) in [6.07, 6.45) is 1.46. The summed E-state index contributed by atoms with van der Waals surface area (Å²) in [6.45, 7) is 6.54. The molecule has 2 aromatic heterocycles. The molecule has 0 bridgehead atoms. The molecule has 2 heterocycles. The summed E-state index contributed by atoms with van der Waals surface area (Å²) in [7, 11) is 0. The Kier molecular flexibility index (Phi) is 6.58. The van der Waals surface area contributed by atoms with Crippen LogP contribution in [0.25, 0.3) is 11.0 Å². The SMILES string of the molecule is CC(NC(=O)c1ccco1)c1nc2ccccc2n1CC(=O)N(Cc1ccccc1)C(C)C. The van der Waals surface area contributed by atoms with Crippen molar-refractivity contribution >= 4 is 22.8 Å². The molecular formula is C26H28N4O3. The van der Waals surface area contributed by atoms with Gasteiger partial charge in [-0.25, -0.2) is 4.98 Å². The van der Waals surface area contributed by atoms with E-state index >= 15 is 0 Å². The number of para-hydroxylation sites is 2. The second-order valence-electron chi connectivity index (χ2n) is 8.32. The third-order valence-corrected chi connectivity index (χ3v) is 5.60. The number of nitrogens with zero attached hydrogens (tertiary/aromatic N) is 3. The van der Waals surface area contributed by atoms with E-state index in [1.807, 2.05) is 84.8 Å². The van der Waals surface area contributed by atoms with E-state index < -0.39 is 6.04 Å². The maximum atomic E-state index is 13.5. The maximum Gasteiger partial charge on any atom is 0.287 e. The fraction of sp³-hybridized carbons (Fsp3) is 0.269. The van der Waals surface area contributed by atoms with Gasteiger partial charge in [-0.1, -0.05) is 42.5 Å². The molecule has 7 nitrogen and oxygen atoms in total. The molecule has 0 aliphatic heterocycles. The van der Waals surface area contributed by atoms with Gasteiger partial charge in [0.25, 0.3) is 5.91 Å². The number of carbonyl (C=O) groups is 2. The molecule has 0 saturated heterocycles. The average molecular weight is 445 g/mol. The second-order valence-corrected chi connectivity index (χ2v) is 8.32. The molecule has 4 rings (SSSR count). The van der Waals surface area contributed by atoms with Crippen LogP contribution in [0.5, 0.6) is 0 Å². The minimum atomic E-state index is -0.426. The third kappa shape index (κ3) is 4.98. The Bertz CT molecular complexity index is 1230. The third-order valence-electron chi connectivity index (χ3n) is 5.60. The lowest BCUT2D eigenvalue weighted by molar-refractivity contribution is -0.134. The molecular weight excluding hydrogens is 416 g/mol. The minimum Gasteiger partial charge on any atom is -0.459 e. The first kappa shape index (κ1) is 22.3. The van der Waals surface area contributed by atoms with Crippen LogP contribution in [0, 0.1) is 0 Å². The average Bonchev–Trinajstić information content (AvgIpc) is 3.47. The van der Waals surface area contributed by atoms with Crippen molar-refractivity contribution in [1.29, 1.82) is 0 Å². The lowest BCUT2D eigenvalue weighted by atomic mass is 10.2. The summed E-state index contributed by atoms with van der Waals surface area (Å²) in [4.78, 5) is 32.6. The van der Waals surface area contributed by atoms with E-state index in [0.29, 0.717) is 12.4 Å². The van der Waals surface area contributed by atoms with Crippen molar-refractivity contribution in [2.24, 2.45) is 0 Å². The zero-order valence-corrected chi connectivity index (χ0v) is 19.1. The molecule has 0 aliphatic rings. The number of hydrogen-bond donors (Lipinski definition) is 1. The van der Waals surface area contributed by atoms with Crippen LogP contribution in [0.1, 0.15) is 48.8 Å². The molecule has 2 aromatic carbocycles. The van der Waals surface area contributed by atoms with E-state index in [1.54, 1.807) is 12.1 Å². The van der Waals surface area contributed by atoms with Gasteiger partial charge in [-0.05, 0) is 50.6 Å². The van der Waals surface area contributed by atoms with Gasteiger partial charge in [-0.2, -0.15) is 0 Å². The number of furan rings is 1. The number of rotatable bonds is 8. The summed E-state index contributed by atoms with van der Waals surface area (Å²) in [5.41, 5.74) is 2.70. The van der Waals surface area contributed by atoms with Crippen LogP contribution >= 0.6 is 0 Å². The van der Waals surface area contributed by atoms with Crippen molar-refractivity contribution in [3.05, 3.63) is 90.1 Å². The molecule has 7 heteroatoms. The van der Waals surface area contributed by atoms with Crippen LogP contribution in [0.15, 0.2) is 77.4 Å². The summed E-state index contributed by atoms with van der Waals surface area (Å²) >= 11 is 0. The molecule has 0 saturated carbocycles. The second kappa shape index (κ2) is 9.73. The Morgan fingerprint density at radius 2 is 1.73 bits per heavy atom. The Hall–Kier alpha value is -3.87. The molecule has 1 N–H and O–H groups in total. The largest absolute Gasteiger partial charge is 0.459 e.